The highest BCUT2D eigenvalue weighted by molar-refractivity contribution is 7.89. The van der Waals surface area contributed by atoms with Crippen LogP contribution in [0.25, 0.3) is 0 Å². The minimum absolute atomic E-state index is 0.360. The first kappa shape index (κ1) is 16.3. The topological polar surface area (TPSA) is 56.2 Å². The molecule has 0 aromatic heterocycles. The zero-order valence-corrected chi connectivity index (χ0v) is 14.8. The SMILES string of the molecule is Cc1cc(C)cc(S(=O)(=O)N2CCN=C2N2CCN(C)CC2)c1. The molecule has 6 nitrogen and oxygen atoms in total. The fourth-order valence-corrected chi connectivity index (χ4v) is 4.75. The Labute approximate surface area is 138 Å². The molecule has 1 fully saturated rings. The number of nitrogens with zero attached hydrogens (tertiary/aromatic N) is 4. The van der Waals surface area contributed by atoms with Crippen molar-refractivity contribution in [1.29, 1.82) is 0 Å². The van der Waals surface area contributed by atoms with E-state index in [1.807, 2.05) is 19.9 Å². The van der Waals surface area contributed by atoms with Gasteiger partial charge in [-0.1, -0.05) is 6.07 Å². The van der Waals surface area contributed by atoms with E-state index >= 15 is 0 Å². The summed E-state index contributed by atoms with van der Waals surface area (Å²) in [6.07, 6.45) is 0. The van der Waals surface area contributed by atoms with E-state index in [2.05, 4.69) is 21.8 Å². The van der Waals surface area contributed by atoms with Crippen LogP contribution in [0.5, 0.6) is 0 Å². The van der Waals surface area contributed by atoms with Crippen LogP contribution in [-0.2, 0) is 10.0 Å². The summed E-state index contributed by atoms with van der Waals surface area (Å²) in [4.78, 5) is 9.17. The maximum Gasteiger partial charge on any atom is 0.266 e. The van der Waals surface area contributed by atoms with E-state index < -0.39 is 10.0 Å². The minimum atomic E-state index is -3.55. The van der Waals surface area contributed by atoms with Crippen molar-refractivity contribution in [2.24, 2.45) is 4.99 Å². The highest BCUT2D eigenvalue weighted by Gasteiger charge is 2.34. The second kappa shape index (κ2) is 6.13. The average molecular weight is 336 g/mol. The number of aliphatic imine (C=N–C) groups is 1. The zero-order chi connectivity index (χ0) is 16.6. The maximum atomic E-state index is 13.1. The molecule has 0 radical (unpaired) electrons. The fraction of sp³-hybridized carbons (Fsp3) is 0.562. The first-order valence-corrected chi connectivity index (χ1v) is 9.41. The Kier molecular flexibility index (Phi) is 4.33. The molecule has 7 heteroatoms. The molecule has 0 amide bonds. The monoisotopic (exact) mass is 336 g/mol. The molecule has 23 heavy (non-hydrogen) atoms. The van der Waals surface area contributed by atoms with Crippen LogP contribution in [0.4, 0.5) is 0 Å². The van der Waals surface area contributed by atoms with Crippen LogP contribution in [0, 0.1) is 13.8 Å². The Bertz CT molecular complexity index is 701. The van der Waals surface area contributed by atoms with Crippen LogP contribution in [0.1, 0.15) is 11.1 Å². The molecule has 2 aliphatic rings. The van der Waals surface area contributed by atoms with Crippen LogP contribution in [0.3, 0.4) is 0 Å². The predicted molar refractivity (Wildman–Crippen MR) is 91.2 cm³/mol. The lowest BCUT2D eigenvalue weighted by Gasteiger charge is -2.36. The van der Waals surface area contributed by atoms with E-state index in [1.165, 1.54) is 4.31 Å². The Morgan fingerprint density at radius 3 is 2.17 bits per heavy atom. The number of sulfonamides is 1. The minimum Gasteiger partial charge on any atom is -0.339 e. The van der Waals surface area contributed by atoms with Crippen LogP contribution >= 0.6 is 0 Å². The second-order valence-electron chi connectivity index (χ2n) is 6.37. The lowest BCUT2D eigenvalue weighted by atomic mass is 10.2. The third-order valence-corrected chi connectivity index (χ3v) is 6.11. The van der Waals surface area contributed by atoms with Gasteiger partial charge in [-0.15, -0.1) is 0 Å². The van der Waals surface area contributed by atoms with Crippen LogP contribution in [-0.4, -0.2) is 74.8 Å². The Morgan fingerprint density at radius 1 is 0.957 bits per heavy atom. The van der Waals surface area contributed by atoms with Gasteiger partial charge in [0.15, 0.2) is 0 Å². The molecular weight excluding hydrogens is 312 g/mol. The smallest absolute Gasteiger partial charge is 0.266 e. The molecule has 1 aromatic carbocycles. The summed E-state index contributed by atoms with van der Waals surface area (Å²) < 4.78 is 27.6. The molecule has 0 aliphatic carbocycles. The lowest BCUT2D eigenvalue weighted by Crippen LogP contribution is -2.52. The molecule has 2 heterocycles. The summed E-state index contributed by atoms with van der Waals surface area (Å²) in [5.74, 6) is 0.609. The van der Waals surface area contributed by atoms with E-state index in [1.54, 1.807) is 12.1 Å². The number of guanidine groups is 1. The van der Waals surface area contributed by atoms with Crippen molar-refractivity contribution < 1.29 is 8.42 Å². The van der Waals surface area contributed by atoms with E-state index in [0.29, 0.717) is 23.9 Å². The number of rotatable bonds is 2. The number of likely N-dealkylation sites (N-methyl/N-ethyl adjacent to an activating group) is 1. The first-order valence-electron chi connectivity index (χ1n) is 7.97. The Hall–Kier alpha value is -1.60. The molecule has 0 bridgehead atoms. The van der Waals surface area contributed by atoms with E-state index in [4.69, 9.17) is 0 Å². The summed E-state index contributed by atoms with van der Waals surface area (Å²) in [6.45, 7) is 8.29. The molecule has 0 spiro atoms. The summed E-state index contributed by atoms with van der Waals surface area (Å²) in [7, 11) is -1.47. The number of hydrogen-bond donors (Lipinski definition) is 0. The molecule has 0 saturated carbocycles. The summed E-state index contributed by atoms with van der Waals surface area (Å²) in [5.41, 5.74) is 1.92. The Balaban J connectivity index is 1.89. The quantitative estimate of drug-likeness (QED) is 0.806. The molecule has 1 aromatic rings. The van der Waals surface area contributed by atoms with Gasteiger partial charge in [0.25, 0.3) is 10.0 Å². The molecule has 126 valence electrons. The molecule has 3 rings (SSSR count). The number of hydrogen-bond acceptors (Lipinski definition) is 5. The zero-order valence-electron chi connectivity index (χ0n) is 14.0. The van der Waals surface area contributed by atoms with Gasteiger partial charge in [-0.25, -0.2) is 12.7 Å². The van der Waals surface area contributed by atoms with Gasteiger partial charge in [0, 0.05) is 26.2 Å². The number of piperazine rings is 1. The molecular formula is C16H24N4O2S. The molecule has 1 saturated heterocycles. The van der Waals surface area contributed by atoms with Crippen molar-refractivity contribution >= 4 is 16.0 Å². The summed E-state index contributed by atoms with van der Waals surface area (Å²) in [6, 6.07) is 5.46. The molecule has 2 aliphatic heterocycles. The highest BCUT2D eigenvalue weighted by atomic mass is 32.2. The van der Waals surface area contributed by atoms with Crippen molar-refractivity contribution in [2.75, 3.05) is 46.3 Å². The summed E-state index contributed by atoms with van der Waals surface area (Å²) >= 11 is 0. The Morgan fingerprint density at radius 2 is 1.57 bits per heavy atom. The van der Waals surface area contributed by atoms with Gasteiger partial charge >= 0.3 is 0 Å². The number of aryl methyl sites for hydroxylation is 2. The standard InChI is InChI=1S/C16H24N4O2S/c1-13-10-14(2)12-15(11-13)23(21,22)20-5-4-17-16(20)19-8-6-18(3)7-9-19/h10-12H,4-9H2,1-3H3. The highest BCUT2D eigenvalue weighted by Crippen LogP contribution is 2.23. The van der Waals surface area contributed by atoms with Gasteiger partial charge in [-0.2, -0.15) is 0 Å². The van der Waals surface area contributed by atoms with Gasteiger partial charge < -0.3 is 9.80 Å². The van der Waals surface area contributed by atoms with E-state index in [-0.39, 0.29) is 0 Å². The second-order valence-corrected chi connectivity index (χ2v) is 8.23. The maximum absolute atomic E-state index is 13.1. The molecule has 0 unspecified atom stereocenters. The summed E-state index contributed by atoms with van der Waals surface area (Å²) in [5, 5.41) is 0. The van der Waals surface area contributed by atoms with Crippen molar-refractivity contribution in [3.05, 3.63) is 29.3 Å². The van der Waals surface area contributed by atoms with Crippen LogP contribution in [0.15, 0.2) is 28.1 Å². The third-order valence-electron chi connectivity index (χ3n) is 4.35. The predicted octanol–water partition coefficient (Wildman–Crippen LogP) is 0.911. The normalized spacial score (nSPS) is 20.0. The van der Waals surface area contributed by atoms with Crippen molar-refractivity contribution in [3.63, 3.8) is 0 Å². The third kappa shape index (κ3) is 3.21. The average Bonchev–Trinajstić information content (AvgIpc) is 2.97. The van der Waals surface area contributed by atoms with E-state index in [0.717, 1.165) is 37.3 Å². The van der Waals surface area contributed by atoms with Gasteiger partial charge in [-0.05, 0) is 44.2 Å². The fourth-order valence-electron chi connectivity index (χ4n) is 3.12. The van der Waals surface area contributed by atoms with Crippen molar-refractivity contribution in [3.8, 4) is 0 Å². The lowest BCUT2D eigenvalue weighted by molar-refractivity contribution is 0.208. The van der Waals surface area contributed by atoms with Crippen molar-refractivity contribution in [2.45, 2.75) is 18.7 Å². The van der Waals surface area contributed by atoms with Crippen LogP contribution < -0.4 is 0 Å². The van der Waals surface area contributed by atoms with Gasteiger partial charge in [0.05, 0.1) is 18.0 Å². The van der Waals surface area contributed by atoms with Crippen LogP contribution in [0.2, 0.25) is 0 Å². The first-order chi connectivity index (χ1) is 10.9. The van der Waals surface area contributed by atoms with Gasteiger partial charge in [0.2, 0.25) is 5.96 Å². The number of benzene rings is 1. The van der Waals surface area contributed by atoms with Gasteiger partial charge in [-0.3, -0.25) is 4.99 Å². The molecule has 0 atom stereocenters. The van der Waals surface area contributed by atoms with E-state index in [9.17, 15) is 8.42 Å². The van der Waals surface area contributed by atoms with Crippen molar-refractivity contribution in [1.82, 2.24) is 14.1 Å². The molecule has 0 N–H and O–H groups in total. The van der Waals surface area contributed by atoms with Gasteiger partial charge in [0.1, 0.15) is 0 Å². The largest absolute Gasteiger partial charge is 0.339 e.